The van der Waals surface area contributed by atoms with E-state index in [4.69, 9.17) is 0 Å². The van der Waals surface area contributed by atoms with Gasteiger partial charge in [0.2, 0.25) is 0 Å². The molecule has 0 N–H and O–H groups in total. The summed E-state index contributed by atoms with van der Waals surface area (Å²) in [5.41, 5.74) is 0. The van der Waals surface area contributed by atoms with Crippen LogP contribution in [-0.4, -0.2) is 5.78 Å². The number of carbonyl (C=O) groups excluding carboxylic acids is 1. The standard InChI is InChI=1S/C18H32O/c1-3-5-14-6-8-15(9-7-14)16-10-12-17(13-11-16)18(19)4-2/h14-17H,3-13H2,1-2H3/t14-,15-,16-,17-. The Balaban J connectivity index is 1.72. The highest BCUT2D eigenvalue weighted by Gasteiger charge is 2.32. The van der Waals surface area contributed by atoms with E-state index in [0.717, 1.165) is 24.2 Å². The van der Waals surface area contributed by atoms with Crippen LogP contribution in [0.1, 0.15) is 84.5 Å². The molecular weight excluding hydrogens is 232 g/mol. The Hall–Kier alpha value is -0.330. The maximum absolute atomic E-state index is 11.8. The number of hydrogen-bond acceptors (Lipinski definition) is 1. The van der Waals surface area contributed by atoms with Gasteiger partial charge in [-0.2, -0.15) is 0 Å². The summed E-state index contributed by atoms with van der Waals surface area (Å²) >= 11 is 0. The molecule has 0 bridgehead atoms. The Kier molecular flexibility index (Phi) is 5.91. The van der Waals surface area contributed by atoms with Crippen LogP contribution in [0.5, 0.6) is 0 Å². The second kappa shape index (κ2) is 7.45. The Morgan fingerprint density at radius 1 is 0.842 bits per heavy atom. The van der Waals surface area contributed by atoms with Gasteiger partial charge in [0, 0.05) is 12.3 Å². The van der Waals surface area contributed by atoms with Gasteiger partial charge in [-0.1, -0.05) is 39.5 Å². The van der Waals surface area contributed by atoms with Gasteiger partial charge < -0.3 is 0 Å². The van der Waals surface area contributed by atoms with Gasteiger partial charge in [0.05, 0.1) is 0 Å². The molecule has 0 radical (unpaired) electrons. The van der Waals surface area contributed by atoms with Crippen molar-refractivity contribution in [2.45, 2.75) is 84.5 Å². The summed E-state index contributed by atoms with van der Waals surface area (Å²) in [4.78, 5) is 11.8. The molecule has 2 saturated carbocycles. The van der Waals surface area contributed by atoms with E-state index < -0.39 is 0 Å². The largest absolute Gasteiger partial charge is 0.299 e. The third-order valence-electron chi connectivity index (χ3n) is 5.83. The summed E-state index contributed by atoms with van der Waals surface area (Å²) < 4.78 is 0. The fraction of sp³-hybridized carbons (Fsp3) is 0.944. The summed E-state index contributed by atoms with van der Waals surface area (Å²) in [6.45, 7) is 4.33. The first kappa shape index (κ1) is 15.1. The third-order valence-corrected chi connectivity index (χ3v) is 5.83. The van der Waals surface area contributed by atoms with Crippen LogP contribution in [0, 0.1) is 23.7 Å². The van der Waals surface area contributed by atoms with Crippen molar-refractivity contribution in [3.05, 3.63) is 0 Å². The molecule has 110 valence electrons. The molecular formula is C18H32O. The van der Waals surface area contributed by atoms with Gasteiger partial charge in [0.15, 0.2) is 0 Å². The van der Waals surface area contributed by atoms with Crippen LogP contribution < -0.4 is 0 Å². The van der Waals surface area contributed by atoms with Gasteiger partial charge in [-0.3, -0.25) is 4.79 Å². The molecule has 1 heteroatoms. The maximum atomic E-state index is 11.8. The molecule has 0 amide bonds. The highest BCUT2D eigenvalue weighted by molar-refractivity contribution is 5.80. The van der Waals surface area contributed by atoms with Crippen LogP contribution in [0.25, 0.3) is 0 Å². The summed E-state index contributed by atoms with van der Waals surface area (Å²) in [5, 5.41) is 0. The average molecular weight is 264 g/mol. The lowest BCUT2D eigenvalue weighted by Crippen LogP contribution is -2.28. The number of carbonyl (C=O) groups is 1. The van der Waals surface area contributed by atoms with E-state index in [9.17, 15) is 4.79 Å². The van der Waals surface area contributed by atoms with Crippen molar-refractivity contribution in [1.82, 2.24) is 0 Å². The maximum Gasteiger partial charge on any atom is 0.135 e. The smallest absolute Gasteiger partial charge is 0.135 e. The van der Waals surface area contributed by atoms with Gasteiger partial charge >= 0.3 is 0 Å². The predicted molar refractivity (Wildman–Crippen MR) is 81.1 cm³/mol. The highest BCUT2D eigenvalue weighted by atomic mass is 16.1. The SMILES string of the molecule is CCC[C@H]1CC[C@H]([C@H]2CC[C@H](C(=O)CC)CC2)CC1. The number of ketones is 1. The van der Waals surface area contributed by atoms with Crippen molar-refractivity contribution in [2.75, 3.05) is 0 Å². The fourth-order valence-electron chi connectivity index (χ4n) is 4.56. The van der Waals surface area contributed by atoms with Crippen LogP contribution in [-0.2, 0) is 4.79 Å². The Morgan fingerprint density at radius 2 is 1.37 bits per heavy atom. The minimum Gasteiger partial charge on any atom is -0.299 e. The summed E-state index contributed by atoms with van der Waals surface area (Å²) in [5.74, 6) is 3.90. The Labute approximate surface area is 119 Å². The van der Waals surface area contributed by atoms with E-state index in [1.165, 1.54) is 64.2 Å². The molecule has 0 spiro atoms. The predicted octanol–water partition coefficient (Wildman–Crippen LogP) is 5.38. The average Bonchev–Trinajstić information content (AvgIpc) is 2.48. The summed E-state index contributed by atoms with van der Waals surface area (Å²) in [6.07, 6.45) is 14.5. The second-order valence-corrected chi connectivity index (χ2v) is 7.00. The lowest BCUT2D eigenvalue weighted by molar-refractivity contribution is -0.123. The Morgan fingerprint density at radius 3 is 1.84 bits per heavy atom. The number of Topliss-reactive ketones (excluding diaryl/α,β-unsaturated/α-hetero) is 1. The molecule has 0 aromatic heterocycles. The fourth-order valence-corrected chi connectivity index (χ4v) is 4.56. The zero-order chi connectivity index (χ0) is 13.7. The lowest BCUT2D eigenvalue weighted by Gasteiger charge is -2.37. The number of hydrogen-bond donors (Lipinski definition) is 0. The first-order valence-electron chi connectivity index (χ1n) is 8.77. The van der Waals surface area contributed by atoms with Gasteiger partial charge in [0.1, 0.15) is 5.78 Å². The monoisotopic (exact) mass is 264 g/mol. The highest BCUT2D eigenvalue weighted by Crippen LogP contribution is 2.42. The molecule has 0 aromatic rings. The van der Waals surface area contributed by atoms with Crippen molar-refractivity contribution in [3.63, 3.8) is 0 Å². The zero-order valence-corrected chi connectivity index (χ0v) is 13.0. The third kappa shape index (κ3) is 4.07. The van der Waals surface area contributed by atoms with E-state index in [0.29, 0.717) is 11.7 Å². The normalized spacial score (nSPS) is 36.1. The minimum atomic E-state index is 0.415. The van der Waals surface area contributed by atoms with E-state index in [1.807, 2.05) is 6.92 Å². The minimum absolute atomic E-state index is 0.415. The van der Waals surface area contributed by atoms with E-state index in [-0.39, 0.29) is 0 Å². The van der Waals surface area contributed by atoms with E-state index >= 15 is 0 Å². The van der Waals surface area contributed by atoms with Gasteiger partial charge in [-0.15, -0.1) is 0 Å². The molecule has 2 fully saturated rings. The van der Waals surface area contributed by atoms with E-state index in [1.54, 1.807) is 0 Å². The quantitative estimate of drug-likeness (QED) is 0.651. The molecule has 0 heterocycles. The van der Waals surface area contributed by atoms with Crippen molar-refractivity contribution in [1.29, 1.82) is 0 Å². The molecule has 0 aromatic carbocycles. The van der Waals surface area contributed by atoms with Crippen LogP contribution in [0.3, 0.4) is 0 Å². The van der Waals surface area contributed by atoms with Crippen molar-refractivity contribution < 1.29 is 4.79 Å². The van der Waals surface area contributed by atoms with Crippen molar-refractivity contribution in [3.8, 4) is 0 Å². The van der Waals surface area contributed by atoms with Crippen molar-refractivity contribution >= 4 is 5.78 Å². The second-order valence-electron chi connectivity index (χ2n) is 7.00. The van der Waals surface area contributed by atoms with Crippen molar-refractivity contribution in [2.24, 2.45) is 23.7 Å². The molecule has 2 aliphatic rings. The van der Waals surface area contributed by atoms with Crippen LogP contribution in [0.15, 0.2) is 0 Å². The lowest BCUT2D eigenvalue weighted by atomic mass is 9.68. The van der Waals surface area contributed by atoms with Gasteiger partial charge in [-0.25, -0.2) is 0 Å². The molecule has 19 heavy (non-hydrogen) atoms. The molecule has 0 aliphatic heterocycles. The van der Waals surface area contributed by atoms with Crippen LogP contribution >= 0.6 is 0 Å². The first-order chi connectivity index (χ1) is 9.24. The molecule has 0 unspecified atom stereocenters. The molecule has 2 rings (SSSR count). The van der Waals surface area contributed by atoms with Gasteiger partial charge in [0.25, 0.3) is 0 Å². The molecule has 2 aliphatic carbocycles. The zero-order valence-electron chi connectivity index (χ0n) is 13.0. The molecule has 0 atom stereocenters. The van der Waals surface area contributed by atoms with E-state index in [2.05, 4.69) is 6.92 Å². The topological polar surface area (TPSA) is 17.1 Å². The Bertz CT molecular complexity index is 267. The molecule has 1 nitrogen and oxygen atoms in total. The first-order valence-corrected chi connectivity index (χ1v) is 8.77. The van der Waals surface area contributed by atoms with Crippen LogP contribution in [0.2, 0.25) is 0 Å². The summed E-state index contributed by atoms with van der Waals surface area (Å²) in [6, 6.07) is 0. The molecule has 0 saturated heterocycles. The van der Waals surface area contributed by atoms with Gasteiger partial charge in [-0.05, 0) is 56.3 Å². The number of rotatable bonds is 5. The summed E-state index contributed by atoms with van der Waals surface area (Å²) in [7, 11) is 0. The van der Waals surface area contributed by atoms with Crippen LogP contribution in [0.4, 0.5) is 0 Å².